The first-order valence-corrected chi connectivity index (χ1v) is 5.57. The van der Waals surface area contributed by atoms with Crippen molar-refractivity contribution in [3.63, 3.8) is 0 Å². The lowest BCUT2D eigenvalue weighted by molar-refractivity contribution is 0.0525. The van der Waals surface area contributed by atoms with Gasteiger partial charge in [-0.15, -0.1) is 0 Å². The topological polar surface area (TPSA) is 62.6 Å². The summed E-state index contributed by atoms with van der Waals surface area (Å²) in [5.41, 5.74) is 0. The molecule has 16 heavy (non-hydrogen) atoms. The second-order valence-electron chi connectivity index (χ2n) is 4.07. The second kappa shape index (κ2) is 6.33. The smallest absolute Gasteiger partial charge is 0.410 e. The SMILES string of the molecule is CC(C)OC(=O)N1CC[C@@H](OCCC#N)C1. The molecule has 0 radical (unpaired) electrons. The summed E-state index contributed by atoms with van der Waals surface area (Å²) >= 11 is 0. The standard InChI is InChI=1S/C11H18N2O3/c1-9(2)16-11(14)13-6-4-10(8-13)15-7-3-5-12/h9-10H,3-4,6-8H2,1-2H3/t10-/m1/s1. The van der Waals surface area contributed by atoms with E-state index in [1.165, 1.54) is 0 Å². The van der Waals surface area contributed by atoms with Crippen LogP contribution in [0, 0.1) is 11.3 Å². The highest BCUT2D eigenvalue weighted by Crippen LogP contribution is 2.14. The summed E-state index contributed by atoms with van der Waals surface area (Å²) in [5.74, 6) is 0. The van der Waals surface area contributed by atoms with E-state index >= 15 is 0 Å². The average molecular weight is 226 g/mol. The zero-order valence-corrected chi connectivity index (χ0v) is 9.81. The minimum absolute atomic E-state index is 0.0491. The molecule has 0 spiro atoms. The molecule has 0 aromatic carbocycles. The van der Waals surface area contributed by atoms with E-state index in [0.717, 1.165) is 6.42 Å². The fraction of sp³-hybridized carbons (Fsp3) is 0.818. The molecular weight excluding hydrogens is 208 g/mol. The van der Waals surface area contributed by atoms with Crippen molar-refractivity contribution >= 4 is 6.09 Å². The average Bonchev–Trinajstić information content (AvgIpc) is 2.66. The van der Waals surface area contributed by atoms with E-state index in [9.17, 15) is 4.79 Å². The van der Waals surface area contributed by atoms with Crippen LogP contribution in [-0.2, 0) is 9.47 Å². The summed E-state index contributed by atoms with van der Waals surface area (Å²) < 4.78 is 10.5. The second-order valence-corrected chi connectivity index (χ2v) is 4.07. The normalized spacial score (nSPS) is 19.9. The van der Waals surface area contributed by atoms with E-state index in [1.54, 1.807) is 4.90 Å². The van der Waals surface area contributed by atoms with Gasteiger partial charge in [-0.3, -0.25) is 0 Å². The predicted octanol–water partition coefficient (Wildman–Crippen LogP) is 1.54. The molecule has 1 rings (SSSR count). The van der Waals surface area contributed by atoms with Crippen LogP contribution in [0.15, 0.2) is 0 Å². The fourth-order valence-corrected chi connectivity index (χ4v) is 1.58. The molecule has 0 aromatic rings. The van der Waals surface area contributed by atoms with Crippen molar-refractivity contribution in [1.82, 2.24) is 4.90 Å². The zero-order chi connectivity index (χ0) is 12.0. The summed E-state index contributed by atoms with van der Waals surface area (Å²) in [6, 6.07) is 2.02. The number of rotatable bonds is 4. The van der Waals surface area contributed by atoms with Gasteiger partial charge in [-0.1, -0.05) is 0 Å². The van der Waals surface area contributed by atoms with Crippen LogP contribution < -0.4 is 0 Å². The van der Waals surface area contributed by atoms with E-state index in [2.05, 4.69) is 0 Å². The number of likely N-dealkylation sites (tertiary alicyclic amines) is 1. The quantitative estimate of drug-likeness (QED) is 0.682. The third-order valence-electron chi connectivity index (χ3n) is 2.31. The van der Waals surface area contributed by atoms with Crippen molar-refractivity contribution in [1.29, 1.82) is 5.26 Å². The van der Waals surface area contributed by atoms with Gasteiger partial charge in [-0.05, 0) is 20.3 Å². The van der Waals surface area contributed by atoms with Gasteiger partial charge in [-0.2, -0.15) is 5.26 Å². The molecular formula is C11H18N2O3. The van der Waals surface area contributed by atoms with E-state index in [4.69, 9.17) is 14.7 Å². The number of carbonyl (C=O) groups excluding carboxylic acids is 1. The van der Waals surface area contributed by atoms with Crippen LogP contribution in [0.4, 0.5) is 4.79 Å². The van der Waals surface area contributed by atoms with E-state index < -0.39 is 0 Å². The van der Waals surface area contributed by atoms with Gasteiger partial charge < -0.3 is 14.4 Å². The Bertz CT molecular complexity index is 273. The van der Waals surface area contributed by atoms with Crippen LogP contribution in [0.5, 0.6) is 0 Å². The van der Waals surface area contributed by atoms with Gasteiger partial charge >= 0.3 is 6.09 Å². The van der Waals surface area contributed by atoms with Crippen molar-refractivity contribution in [2.45, 2.75) is 38.9 Å². The number of nitriles is 1. The Hall–Kier alpha value is -1.28. The van der Waals surface area contributed by atoms with Gasteiger partial charge in [0.05, 0.1) is 37.8 Å². The molecule has 90 valence electrons. The maximum atomic E-state index is 11.5. The third kappa shape index (κ3) is 4.07. The van der Waals surface area contributed by atoms with Crippen LogP contribution in [0.2, 0.25) is 0 Å². The molecule has 5 nitrogen and oxygen atoms in total. The Morgan fingerprint density at radius 3 is 3.00 bits per heavy atom. The van der Waals surface area contributed by atoms with Crippen LogP contribution in [0.1, 0.15) is 26.7 Å². The molecule has 1 atom stereocenters. The summed E-state index contributed by atoms with van der Waals surface area (Å²) in [7, 11) is 0. The summed E-state index contributed by atoms with van der Waals surface area (Å²) in [5, 5.41) is 8.36. The van der Waals surface area contributed by atoms with Gasteiger partial charge in [-0.25, -0.2) is 4.79 Å². The predicted molar refractivity (Wildman–Crippen MR) is 57.8 cm³/mol. The number of carbonyl (C=O) groups is 1. The van der Waals surface area contributed by atoms with Gasteiger partial charge in [0.25, 0.3) is 0 Å². The largest absolute Gasteiger partial charge is 0.447 e. The molecule has 1 heterocycles. The van der Waals surface area contributed by atoms with E-state index in [1.807, 2.05) is 19.9 Å². The fourth-order valence-electron chi connectivity index (χ4n) is 1.58. The number of hydrogen-bond donors (Lipinski definition) is 0. The first kappa shape index (κ1) is 12.8. The van der Waals surface area contributed by atoms with E-state index in [-0.39, 0.29) is 18.3 Å². The van der Waals surface area contributed by atoms with Gasteiger partial charge in [0.15, 0.2) is 0 Å². The van der Waals surface area contributed by atoms with Gasteiger partial charge in [0.1, 0.15) is 0 Å². The van der Waals surface area contributed by atoms with Crippen LogP contribution >= 0.6 is 0 Å². The Balaban J connectivity index is 2.24. The highest BCUT2D eigenvalue weighted by atomic mass is 16.6. The maximum Gasteiger partial charge on any atom is 0.410 e. The van der Waals surface area contributed by atoms with Crippen molar-refractivity contribution in [3.8, 4) is 6.07 Å². The van der Waals surface area contributed by atoms with Crippen molar-refractivity contribution in [3.05, 3.63) is 0 Å². The molecule has 0 aliphatic carbocycles. The molecule has 0 aromatic heterocycles. The first-order valence-electron chi connectivity index (χ1n) is 5.57. The maximum absolute atomic E-state index is 11.5. The van der Waals surface area contributed by atoms with E-state index in [0.29, 0.717) is 26.1 Å². The zero-order valence-electron chi connectivity index (χ0n) is 9.81. The lowest BCUT2D eigenvalue weighted by atomic mass is 10.3. The number of hydrogen-bond acceptors (Lipinski definition) is 4. The molecule has 0 N–H and O–H groups in total. The van der Waals surface area contributed by atoms with Crippen LogP contribution in [0.25, 0.3) is 0 Å². The van der Waals surface area contributed by atoms with Crippen LogP contribution in [0.3, 0.4) is 0 Å². The number of nitrogens with zero attached hydrogens (tertiary/aromatic N) is 2. The Labute approximate surface area is 95.9 Å². The highest BCUT2D eigenvalue weighted by Gasteiger charge is 2.27. The molecule has 1 aliphatic rings. The molecule has 1 aliphatic heterocycles. The van der Waals surface area contributed by atoms with Crippen LogP contribution in [-0.4, -0.2) is 42.9 Å². The van der Waals surface area contributed by atoms with Crippen molar-refractivity contribution < 1.29 is 14.3 Å². The lowest BCUT2D eigenvalue weighted by Crippen LogP contribution is -2.32. The molecule has 0 saturated carbocycles. The summed E-state index contributed by atoms with van der Waals surface area (Å²) in [4.78, 5) is 13.2. The van der Waals surface area contributed by atoms with Crippen molar-refractivity contribution in [2.24, 2.45) is 0 Å². The molecule has 0 unspecified atom stereocenters. The minimum atomic E-state index is -0.276. The molecule has 1 amide bonds. The van der Waals surface area contributed by atoms with Gasteiger partial charge in [0, 0.05) is 6.54 Å². The molecule has 5 heteroatoms. The number of amides is 1. The molecule has 1 saturated heterocycles. The van der Waals surface area contributed by atoms with Crippen molar-refractivity contribution in [2.75, 3.05) is 19.7 Å². The monoisotopic (exact) mass is 226 g/mol. The highest BCUT2D eigenvalue weighted by molar-refractivity contribution is 5.68. The lowest BCUT2D eigenvalue weighted by Gasteiger charge is -2.18. The Morgan fingerprint density at radius 2 is 2.38 bits per heavy atom. The molecule has 0 bridgehead atoms. The first-order chi connectivity index (χ1) is 7.63. The van der Waals surface area contributed by atoms with Gasteiger partial charge in [0.2, 0.25) is 0 Å². The Kier molecular flexibility index (Phi) is 5.06. The summed E-state index contributed by atoms with van der Waals surface area (Å²) in [6.45, 7) is 5.33. The Morgan fingerprint density at radius 1 is 1.62 bits per heavy atom. The third-order valence-corrected chi connectivity index (χ3v) is 2.31. The minimum Gasteiger partial charge on any atom is -0.447 e. The molecule has 1 fully saturated rings. The number of ether oxygens (including phenoxy) is 2. The summed E-state index contributed by atoms with van der Waals surface area (Å²) in [6.07, 6.45) is 0.895.